The van der Waals surface area contributed by atoms with Crippen LogP contribution in [0, 0.1) is 0 Å². The number of rotatable bonds is 4. The van der Waals surface area contributed by atoms with Crippen LogP contribution in [0.2, 0.25) is 0 Å². The van der Waals surface area contributed by atoms with Crippen molar-refractivity contribution in [1.82, 2.24) is 0 Å². The van der Waals surface area contributed by atoms with Gasteiger partial charge in [0.05, 0.1) is 0 Å². The van der Waals surface area contributed by atoms with Gasteiger partial charge in [0.1, 0.15) is 0 Å². The molecule has 0 aliphatic carbocycles. The van der Waals surface area contributed by atoms with E-state index in [0.717, 1.165) is 12.8 Å². The first-order valence-electron chi connectivity index (χ1n) is 3.20. The number of halogens is 1. The summed E-state index contributed by atoms with van der Waals surface area (Å²) in [5.74, 6) is 0. The molecule has 0 aliphatic heterocycles. The van der Waals surface area contributed by atoms with Gasteiger partial charge in [-0.15, -0.1) is 0 Å². The van der Waals surface area contributed by atoms with E-state index in [1.54, 1.807) is 0 Å². The summed E-state index contributed by atoms with van der Waals surface area (Å²) >= 11 is 0. The van der Waals surface area contributed by atoms with Crippen molar-refractivity contribution < 1.29 is 14.0 Å². The van der Waals surface area contributed by atoms with Crippen LogP contribution in [-0.4, -0.2) is 15.9 Å². The average molecular weight is 156 g/mol. The average Bonchev–Trinajstić information content (AvgIpc) is 1.63. The van der Waals surface area contributed by atoms with Crippen molar-refractivity contribution in [2.75, 3.05) is 6.16 Å². The summed E-state index contributed by atoms with van der Waals surface area (Å²) in [6.07, 6.45) is 2.40. The molecule has 0 rings (SSSR count). The van der Waals surface area contributed by atoms with Crippen molar-refractivity contribution in [3.05, 3.63) is 0 Å². The summed E-state index contributed by atoms with van der Waals surface area (Å²) in [6, 6.07) is 0. The van der Waals surface area contributed by atoms with Gasteiger partial charge < -0.3 is 0 Å². The zero-order valence-corrected chi connectivity index (χ0v) is 6.60. The Labute approximate surface area is 55.3 Å². The molecule has 0 bridgehead atoms. The molecule has 2 nitrogen and oxygen atoms in total. The molecule has 0 aliphatic rings. The molecule has 0 atom stereocenters. The van der Waals surface area contributed by atoms with Crippen LogP contribution in [0.25, 0.3) is 0 Å². The van der Waals surface area contributed by atoms with Gasteiger partial charge >= 0.3 is 54.4 Å². The van der Waals surface area contributed by atoms with Crippen molar-refractivity contribution in [1.29, 1.82) is 0 Å². The number of hydrogen-bond acceptors (Lipinski definition) is 2. The summed E-state index contributed by atoms with van der Waals surface area (Å²) in [5, 5.41) is 0. The van der Waals surface area contributed by atoms with Crippen molar-refractivity contribution in [2.24, 2.45) is 0 Å². The molecule has 0 saturated carbocycles. The molecular formula is C5H14FO2P. The van der Waals surface area contributed by atoms with E-state index in [2.05, 4.69) is 0 Å². The van der Waals surface area contributed by atoms with Crippen molar-refractivity contribution >= 4 is 8.03 Å². The van der Waals surface area contributed by atoms with E-state index in [1.807, 2.05) is 6.92 Å². The Balaban J connectivity index is 3.07. The fourth-order valence-electron chi connectivity index (χ4n) is 0.600. The van der Waals surface area contributed by atoms with E-state index in [-0.39, 0.29) is 6.16 Å². The van der Waals surface area contributed by atoms with Gasteiger partial charge in [0.2, 0.25) is 0 Å². The molecular weight excluding hydrogens is 142 g/mol. The first-order chi connectivity index (χ1) is 4.06. The normalized spacial score (nSPS) is 13.8. The van der Waals surface area contributed by atoms with E-state index in [4.69, 9.17) is 9.79 Å². The molecule has 0 radical (unpaired) electrons. The molecule has 0 aromatic rings. The third-order valence-electron chi connectivity index (χ3n) is 1.10. The molecule has 0 aromatic carbocycles. The summed E-state index contributed by atoms with van der Waals surface area (Å²) in [4.78, 5) is 16.5. The van der Waals surface area contributed by atoms with E-state index in [0.29, 0.717) is 6.42 Å². The Morgan fingerprint density at radius 1 is 1.33 bits per heavy atom. The summed E-state index contributed by atoms with van der Waals surface area (Å²) in [5.41, 5.74) is 0. The zero-order valence-electron chi connectivity index (χ0n) is 5.60. The van der Waals surface area contributed by atoms with Crippen LogP contribution >= 0.6 is 8.03 Å². The second-order valence-corrected chi connectivity index (χ2v) is 4.11. The molecule has 0 heterocycles. The Kier molecular flexibility index (Phi) is 4.28. The van der Waals surface area contributed by atoms with Crippen LogP contribution in [0.1, 0.15) is 26.2 Å². The molecule has 9 heavy (non-hydrogen) atoms. The number of hydrogen-bond donors (Lipinski definition) is 2. The summed E-state index contributed by atoms with van der Waals surface area (Å²) in [6.45, 7) is 1.98. The Bertz CT molecular complexity index is 71.8. The Morgan fingerprint density at radius 2 is 1.89 bits per heavy atom. The molecule has 58 valence electrons. The Hall–Kier alpha value is 0.280. The Morgan fingerprint density at radius 3 is 2.22 bits per heavy atom. The second-order valence-electron chi connectivity index (χ2n) is 2.18. The number of unbranched alkanes of at least 4 members (excludes halogenated alkanes) is 2. The third kappa shape index (κ3) is 8.28. The second kappa shape index (κ2) is 4.15. The topological polar surface area (TPSA) is 40.5 Å². The molecule has 0 fully saturated rings. The first-order valence-corrected chi connectivity index (χ1v) is 5.18. The molecule has 0 unspecified atom stereocenters. The van der Waals surface area contributed by atoms with Crippen LogP contribution in [0.4, 0.5) is 4.20 Å². The van der Waals surface area contributed by atoms with Crippen LogP contribution in [0.15, 0.2) is 0 Å². The molecule has 0 saturated heterocycles. The fourth-order valence-corrected chi connectivity index (χ4v) is 1.30. The molecule has 0 aromatic heterocycles. The predicted octanol–water partition coefficient (Wildman–Crippen LogP) is 1.63. The quantitative estimate of drug-likeness (QED) is 0.479. The van der Waals surface area contributed by atoms with Gasteiger partial charge in [0, 0.05) is 0 Å². The van der Waals surface area contributed by atoms with E-state index in [9.17, 15) is 4.20 Å². The minimum absolute atomic E-state index is 0.0408. The van der Waals surface area contributed by atoms with Gasteiger partial charge in [-0.25, -0.2) is 0 Å². The van der Waals surface area contributed by atoms with E-state index >= 15 is 0 Å². The third-order valence-corrected chi connectivity index (χ3v) is 2.09. The molecule has 0 amide bonds. The minimum atomic E-state index is -4.19. The summed E-state index contributed by atoms with van der Waals surface area (Å²) < 4.78 is 12.0. The van der Waals surface area contributed by atoms with Gasteiger partial charge in [-0.2, -0.15) is 0 Å². The predicted molar refractivity (Wildman–Crippen MR) is 38.3 cm³/mol. The van der Waals surface area contributed by atoms with Gasteiger partial charge in [-0.05, 0) is 0 Å². The first kappa shape index (κ1) is 9.28. The van der Waals surface area contributed by atoms with Gasteiger partial charge in [0.25, 0.3) is 0 Å². The standard InChI is InChI=1S/C5H14FO2P/c1-2-3-4-5-9(6,7)8/h7-9H,2-5H2,1H3. The maximum absolute atomic E-state index is 12.0. The monoisotopic (exact) mass is 156 g/mol. The molecule has 2 N–H and O–H groups in total. The molecule has 4 heteroatoms. The van der Waals surface area contributed by atoms with E-state index < -0.39 is 8.03 Å². The maximum atomic E-state index is 12.0. The van der Waals surface area contributed by atoms with Crippen LogP contribution < -0.4 is 0 Å². The van der Waals surface area contributed by atoms with Crippen LogP contribution in [0.5, 0.6) is 0 Å². The zero-order chi connectivity index (χ0) is 7.33. The van der Waals surface area contributed by atoms with E-state index in [1.165, 1.54) is 0 Å². The van der Waals surface area contributed by atoms with Crippen molar-refractivity contribution in [3.8, 4) is 0 Å². The van der Waals surface area contributed by atoms with Gasteiger partial charge in [-0.3, -0.25) is 0 Å². The van der Waals surface area contributed by atoms with Gasteiger partial charge in [-0.1, -0.05) is 0 Å². The molecule has 0 spiro atoms. The SMILES string of the molecule is CCCCC[PH](O)(O)F. The van der Waals surface area contributed by atoms with Gasteiger partial charge in [0.15, 0.2) is 0 Å². The fraction of sp³-hybridized carbons (Fsp3) is 1.00. The summed E-state index contributed by atoms with van der Waals surface area (Å²) in [7, 11) is -4.19. The van der Waals surface area contributed by atoms with Crippen molar-refractivity contribution in [3.63, 3.8) is 0 Å². The van der Waals surface area contributed by atoms with Crippen molar-refractivity contribution in [2.45, 2.75) is 26.2 Å². The van der Waals surface area contributed by atoms with Crippen LogP contribution in [-0.2, 0) is 0 Å². The van der Waals surface area contributed by atoms with Crippen LogP contribution in [0.3, 0.4) is 0 Å².